The zero-order valence-corrected chi connectivity index (χ0v) is 16.5. The largest absolute Gasteiger partial charge is 0.362 e. The van der Waals surface area contributed by atoms with Crippen LogP contribution in [-0.2, 0) is 9.59 Å². The van der Waals surface area contributed by atoms with Crippen molar-refractivity contribution in [2.75, 3.05) is 65.3 Å². The summed E-state index contributed by atoms with van der Waals surface area (Å²) in [5.74, 6) is -0.0514. The molecule has 1 unspecified atom stereocenters. The van der Waals surface area contributed by atoms with Gasteiger partial charge in [0.1, 0.15) is 5.69 Å². The van der Waals surface area contributed by atoms with Crippen molar-refractivity contribution in [2.45, 2.75) is 0 Å². The van der Waals surface area contributed by atoms with E-state index in [9.17, 15) is 19.7 Å². The van der Waals surface area contributed by atoms with Crippen molar-refractivity contribution >= 4 is 34.8 Å². The number of nitro groups is 1. The third-order valence-electron chi connectivity index (χ3n) is 4.51. The number of hydrogen-bond acceptors (Lipinski definition) is 5. The number of carbonyl (C=O) groups excluding carboxylic acids is 2. The highest BCUT2D eigenvalue weighted by atomic mass is 35.5. The molecule has 0 radical (unpaired) electrons. The van der Waals surface area contributed by atoms with Crippen molar-refractivity contribution in [3.8, 4) is 0 Å². The summed E-state index contributed by atoms with van der Waals surface area (Å²) in [4.78, 5) is 41.0. The molecule has 148 valence electrons. The standard InChI is InChI=1S/C17H24ClN5O4/c1-19(2)16(24)11-20(3)12-17(25)22-8-6-21(7-9-22)14-5-4-13(18)10-15(14)23(26)27/h4-5,10H,6-9,11-12H2,1-3H3/p+1. The van der Waals surface area contributed by atoms with E-state index in [1.807, 2.05) is 11.9 Å². The summed E-state index contributed by atoms with van der Waals surface area (Å²) < 4.78 is 0. The highest BCUT2D eigenvalue weighted by Crippen LogP contribution is 2.31. The number of carbonyl (C=O) groups is 2. The number of nitrogens with zero attached hydrogens (tertiary/aromatic N) is 4. The molecule has 1 N–H and O–H groups in total. The van der Waals surface area contributed by atoms with Crippen LogP contribution in [-0.4, -0.2) is 86.9 Å². The van der Waals surface area contributed by atoms with Gasteiger partial charge in [-0.15, -0.1) is 0 Å². The van der Waals surface area contributed by atoms with E-state index in [1.165, 1.54) is 11.0 Å². The van der Waals surface area contributed by atoms with Crippen LogP contribution in [0.25, 0.3) is 0 Å². The molecule has 1 aliphatic heterocycles. The molecule has 27 heavy (non-hydrogen) atoms. The van der Waals surface area contributed by atoms with Gasteiger partial charge in [-0.1, -0.05) is 11.6 Å². The van der Waals surface area contributed by atoms with E-state index >= 15 is 0 Å². The lowest BCUT2D eigenvalue weighted by Gasteiger charge is -2.36. The Morgan fingerprint density at radius 2 is 1.85 bits per heavy atom. The van der Waals surface area contributed by atoms with Gasteiger partial charge in [0, 0.05) is 51.4 Å². The Labute approximate surface area is 163 Å². The second kappa shape index (κ2) is 9.01. The van der Waals surface area contributed by atoms with E-state index in [1.54, 1.807) is 31.1 Å². The maximum absolute atomic E-state index is 12.5. The van der Waals surface area contributed by atoms with E-state index in [-0.39, 0.29) is 30.6 Å². The van der Waals surface area contributed by atoms with Gasteiger partial charge < -0.3 is 19.6 Å². The molecule has 9 nitrogen and oxygen atoms in total. The molecule has 1 aromatic carbocycles. The van der Waals surface area contributed by atoms with Gasteiger partial charge >= 0.3 is 0 Å². The van der Waals surface area contributed by atoms with Crippen LogP contribution in [0.3, 0.4) is 0 Å². The summed E-state index contributed by atoms with van der Waals surface area (Å²) in [6, 6.07) is 4.61. The number of amides is 2. The maximum Gasteiger partial charge on any atom is 0.294 e. The number of rotatable bonds is 6. The van der Waals surface area contributed by atoms with E-state index < -0.39 is 4.92 Å². The number of benzene rings is 1. The van der Waals surface area contributed by atoms with Gasteiger partial charge in [-0.2, -0.15) is 0 Å². The first-order chi connectivity index (χ1) is 12.7. The monoisotopic (exact) mass is 398 g/mol. The van der Waals surface area contributed by atoms with Crippen LogP contribution in [0.1, 0.15) is 0 Å². The molecule has 1 aromatic rings. The number of hydrogen-bond donors (Lipinski definition) is 1. The molecule has 1 fully saturated rings. The highest BCUT2D eigenvalue weighted by Gasteiger charge is 2.27. The molecular weight excluding hydrogens is 374 g/mol. The summed E-state index contributed by atoms with van der Waals surface area (Å²) >= 11 is 5.86. The Hall–Kier alpha value is -2.39. The molecule has 1 saturated heterocycles. The average molecular weight is 399 g/mol. The Morgan fingerprint density at radius 1 is 1.22 bits per heavy atom. The van der Waals surface area contributed by atoms with Crippen molar-refractivity contribution in [1.29, 1.82) is 0 Å². The molecule has 0 aromatic heterocycles. The number of nitrogens with one attached hydrogen (secondary N) is 1. The molecule has 1 aliphatic rings. The van der Waals surface area contributed by atoms with Crippen molar-refractivity contribution in [3.63, 3.8) is 0 Å². The van der Waals surface area contributed by atoms with Crippen LogP contribution in [0, 0.1) is 10.1 Å². The minimum atomic E-state index is -0.446. The fraction of sp³-hybridized carbons (Fsp3) is 0.529. The first-order valence-corrected chi connectivity index (χ1v) is 9.05. The second-order valence-corrected chi connectivity index (χ2v) is 7.29. The fourth-order valence-corrected chi connectivity index (χ4v) is 3.12. The molecule has 0 aliphatic carbocycles. The smallest absolute Gasteiger partial charge is 0.294 e. The van der Waals surface area contributed by atoms with Gasteiger partial charge in [0.2, 0.25) is 0 Å². The van der Waals surface area contributed by atoms with E-state index in [0.29, 0.717) is 36.9 Å². The van der Waals surface area contributed by atoms with E-state index in [4.69, 9.17) is 11.6 Å². The van der Waals surface area contributed by atoms with Crippen molar-refractivity contribution in [1.82, 2.24) is 9.80 Å². The molecular formula is C17H25ClN5O4+. The van der Waals surface area contributed by atoms with Gasteiger partial charge in [-0.05, 0) is 12.1 Å². The number of halogens is 1. The van der Waals surface area contributed by atoms with Crippen LogP contribution >= 0.6 is 11.6 Å². The van der Waals surface area contributed by atoms with Gasteiger partial charge in [-0.3, -0.25) is 19.7 Å². The minimum Gasteiger partial charge on any atom is -0.362 e. The van der Waals surface area contributed by atoms with Gasteiger partial charge in [0.15, 0.2) is 13.1 Å². The first kappa shape index (κ1) is 20.9. The highest BCUT2D eigenvalue weighted by molar-refractivity contribution is 6.30. The van der Waals surface area contributed by atoms with E-state index in [0.717, 1.165) is 4.90 Å². The first-order valence-electron chi connectivity index (χ1n) is 8.67. The van der Waals surface area contributed by atoms with Crippen LogP contribution in [0.2, 0.25) is 5.02 Å². The number of quaternary nitrogens is 1. The number of piperazine rings is 1. The predicted molar refractivity (Wildman–Crippen MR) is 102 cm³/mol. The summed E-state index contributed by atoms with van der Waals surface area (Å²) in [7, 11) is 5.19. The number of likely N-dealkylation sites (N-methyl/N-ethyl adjacent to an activating group) is 2. The van der Waals surface area contributed by atoms with Crippen LogP contribution < -0.4 is 9.80 Å². The normalized spacial score (nSPS) is 15.4. The lowest BCUT2D eigenvalue weighted by molar-refractivity contribution is -0.863. The van der Waals surface area contributed by atoms with Crippen LogP contribution in [0.4, 0.5) is 11.4 Å². The third kappa shape index (κ3) is 5.54. The molecule has 0 bridgehead atoms. The zero-order valence-electron chi connectivity index (χ0n) is 15.8. The topological polar surface area (TPSA) is 91.4 Å². The summed E-state index contributed by atoms with van der Waals surface area (Å²) in [6.45, 7) is 2.46. The van der Waals surface area contributed by atoms with Crippen LogP contribution in [0.15, 0.2) is 18.2 Å². The molecule has 2 rings (SSSR count). The maximum atomic E-state index is 12.5. The molecule has 1 atom stereocenters. The Bertz CT molecular complexity index is 719. The summed E-state index contributed by atoms with van der Waals surface area (Å²) in [6.07, 6.45) is 0. The summed E-state index contributed by atoms with van der Waals surface area (Å²) in [5, 5.41) is 11.6. The predicted octanol–water partition coefficient (Wildman–Crippen LogP) is -0.500. The Kier molecular flexibility index (Phi) is 6.98. The third-order valence-corrected chi connectivity index (χ3v) is 4.75. The fourth-order valence-electron chi connectivity index (χ4n) is 2.96. The van der Waals surface area contributed by atoms with Crippen molar-refractivity contribution in [3.05, 3.63) is 33.3 Å². The lowest BCUT2D eigenvalue weighted by Crippen LogP contribution is -3.11. The SMILES string of the molecule is CN(C)C(=O)C[NH+](C)CC(=O)N1CCN(c2ccc(Cl)cc2[N+](=O)[O-])CC1. The van der Waals surface area contributed by atoms with Gasteiger partial charge in [0.25, 0.3) is 17.5 Å². The Balaban J connectivity index is 1.93. The zero-order chi connectivity index (χ0) is 20.1. The molecule has 0 saturated carbocycles. The number of anilines is 1. The minimum absolute atomic E-state index is 0.0238. The van der Waals surface area contributed by atoms with Crippen LogP contribution in [0.5, 0.6) is 0 Å². The van der Waals surface area contributed by atoms with Crippen molar-refractivity contribution < 1.29 is 19.4 Å². The van der Waals surface area contributed by atoms with E-state index in [2.05, 4.69) is 0 Å². The van der Waals surface area contributed by atoms with Gasteiger partial charge in [-0.25, -0.2) is 0 Å². The second-order valence-electron chi connectivity index (χ2n) is 6.86. The molecule has 10 heteroatoms. The lowest BCUT2D eigenvalue weighted by atomic mass is 10.2. The molecule has 1 heterocycles. The Morgan fingerprint density at radius 3 is 2.41 bits per heavy atom. The molecule has 2 amide bonds. The van der Waals surface area contributed by atoms with Gasteiger partial charge in [0.05, 0.1) is 12.0 Å². The average Bonchev–Trinajstić information content (AvgIpc) is 2.61. The molecule has 0 spiro atoms. The summed E-state index contributed by atoms with van der Waals surface area (Å²) in [5.41, 5.74) is 0.476. The quantitative estimate of drug-likeness (QED) is 0.515. The van der Waals surface area contributed by atoms with Crippen molar-refractivity contribution in [2.24, 2.45) is 0 Å². The number of nitro benzene ring substituents is 1.